The number of rotatable bonds is 7. The molecule has 1 unspecified atom stereocenters. The number of nitrogens with one attached hydrogen (secondary N) is 1. The monoisotopic (exact) mass is 351 g/mol. The molecular formula is C18H26FN3O3. The minimum absolute atomic E-state index is 0.0311. The molecule has 1 saturated carbocycles. The van der Waals surface area contributed by atoms with Crippen molar-refractivity contribution >= 4 is 12.0 Å². The maximum atomic E-state index is 13.0. The molecule has 2 rings (SSSR count). The van der Waals surface area contributed by atoms with Crippen molar-refractivity contribution in [2.24, 2.45) is 0 Å². The maximum absolute atomic E-state index is 13.0. The van der Waals surface area contributed by atoms with E-state index in [-0.39, 0.29) is 36.5 Å². The van der Waals surface area contributed by atoms with Crippen LogP contribution in [0, 0.1) is 5.82 Å². The van der Waals surface area contributed by atoms with Crippen molar-refractivity contribution in [1.82, 2.24) is 15.1 Å². The number of aliphatic carboxylic acids is 1. The normalized spacial score (nSPS) is 20.7. The van der Waals surface area contributed by atoms with Crippen molar-refractivity contribution in [3.63, 3.8) is 0 Å². The van der Waals surface area contributed by atoms with Crippen molar-refractivity contribution in [2.75, 3.05) is 20.1 Å². The fourth-order valence-electron chi connectivity index (χ4n) is 3.09. The number of carbonyl (C=O) groups excluding carboxylic acids is 1. The van der Waals surface area contributed by atoms with Crippen LogP contribution in [0.25, 0.3) is 0 Å². The lowest BCUT2D eigenvalue weighted by molar-refractivity contribution is -0.139. The van der Waals surface area contributed by atoms with Gasteiger partial charge in [0.05, 0.1) is 12.6 Å². The molecule has 0 aromatic heterocycles. The number of hydrogen-bond donors (Lipinski definition) is 2. The van der Waals surface area contributed by atoms with Crippen LogP contribution >= 0.6 is 0 Å². The number of carbonyl (C=O) groups is 2. The molecule has 6 nitrogen and oxygen atoms in total. The second-order valence-electron chi connectivity index (χ2n) is 6.57. The lowest BCUT2D eigenvalue weighted by Crippen LogP contribution is -2.56. The summed E-state index contributed by atoms with van der Waals surface area (Å²) in [5.74, 6) is -1.13. The van der Waals surface area contributed by atoms with Crippen molar-refractivity contribution < 1.29 is 19.1 Å². The average molecular weight is 351 g/mol. The molecule has 0 saturated heterocycles. The fourth-order valence-corrected chi connectivity index (χ4v) is 3.09. The van der Waals surface area contributed by atoms with Crippen LogP contribution in [0.4, 0.5) is 9.18 Å². The molecule has 0 spiro atoms. The van der Waals surface area contributed by atoms with E-state index in [0.29, 0.717) is 6.54 Å². The van der Waals surface area contributed by atoms with Gasteiger partial charge in [0.1, 0.15) is 5.82 Å². The van der Waals surface area contributed by atoms with Gasteiger partial charge in [0, 0.05) is 19.1 Å². The molecule has 0 aliphatic heterocycles. The van der Waals surface area contributed by atoms with E-state index in [1.807, 2.05) is 18.7 Å². The highest BCUT2D eigenvalue weighted by Crippen LogP contribution is 2.26. The predicted molar refractivity (Wildman–Crippen MR) is 92.8 cm³/mol. The molecule has 1 atom stereocenters. The first-order valence-corrected chi connectivity index (χ1v) is 8.56. The largest absolute Gasteiger partial charge is 0.480 e. The van der Waals surface area contributed by atoms with Gasteiger partial charge in [0.25, 0.3) is 0 Å². The molecule has 25 heavy (non-hydrogen) atoms. The Kier molecular flexibility index (Phi) is 6.36. The third-order valence-electron chi connectivity index (χ3n) is 4.96. The minimum atomic E-state index is -0.831. The first-order valence-electron chi connectivity index (χ1n) is 8.56. The van der Waals surface area contributed by atoms with Gasteiger partial charge in [-0.05, 0) is 44.0 Å². The quantitative estimate of drug-likeness (QED) is 0.791. The number of likely N-dealkylation sites (N-methyl/N-ethyl adjacent to an activating group) is 1. The predicted octanol–water partition coefficient (Wildman–Crippen LogP) is 2.47. The van der Waals surface area contributed by atoms with Gasteiger partial charge in [-0.2, -0.15) is 0 Å². The van der Waals surface area contributed by atoms with Crippen LogP contribution in [0.15, 0.2) is 24.3 Å². The zero-order chi connectivity index (χ0) is 18.6. The van der Waals surface area contributed by atoms with Gasteiger partial charge in [-0.15, -0.1) is 0 Å². The summed E-state index contributed by atoms with van der Waals surface area (Å²) >= 11 is 0. The first kappa shape index (κ1) is 19.2. The summed E-state index contributed by atoms with van der Waals surface area (Å²) in [5, 5.41) is 11.9. The second-order valence-corrected chi connectivity index (χ2v) is 6.57. The number of amides is 2. The molecular weight excluding hydrogens is 325 g/mol. The third-order valence-corrected chi connectivity index (χ3v) is 4.96. The van der Waals surface area contributed by atoms with E-state index in [1.165, 1.54) is 12.1 Å². The van der Waals surface area contributed by atoms with Crippen molar-refractivity contribution in [1.29, 1.82) is 0 Å². The first-order chi connectivity index (χ1) is 11.8. The van der Waals surface area contributed by atoms with Crippen molar-refractivity contribution in [3.8, 4) is 0 Å². The van der Waals surface area contributed by atoms with E-state index >= 15 is 0 Å². The Morgan fingerprint density at radius 2 is 1.92 bits per heavy atom. The van der Waals surface area contributed by atoms with E-state index in [9.17, 15) is 14.0 Å². The van der Waals surface area contributed by atoms with E-state index in [0.717, 1.165) is 18.4 Å². The molecule has 1 aliphatic rings. The highest BCUT2D eigenvalue weighted by atomic mass is 19.1. The van der Waals surface area contributed by atoms with Gasteiger partial charge in [-0.3, -0.25) is 9.69 Å². The zero-order valence-corrected chi connectivity index (χ0v) is 14.9. The zero-order valence-electron chi connectivity index (χ0n) is 14.9. The number of carboxylic acids is 1. The van der Waals surface area contributed by atoms with Crippen LogP contribution in [0.1, 0.15) is 38.3 Å². The average Bonchev–Trinajstić information content (AvgIpc) is 2.54. The van der Waals surface area contributed by atoms with Crippen LogP contribution in [-0.4, -0.2) is 59.1 Å². The summed E-state index contributed by atoms with van der Waals surface area (Å²) in [4.78, 5) is 26.7. The van der Waals surface area contributed by atoms with Crippen LogP contribution < -0.4 is 5.32 Å². The molecule has 0 heterocycles. The summed E-state index contributed by atoms with van der Waals surface area (Å²) < 4.78 is 13.0. The van der Waals surface area contributed by atoms with E-state index < -0.39 is 5.97 Å². The molecule has 1 aliphatic carbocycles. The number of halogens is 1. The second kappa shape index (κ2) is 8.29. The van der Waals surface area contributed by atoms with E-state index in [4.69, 9.17) is 5.11 Å². The topological polar surface area (TPSA) is 72.9 Å². The van der Waals surface area contributed by atoms with Crippen molar-refractivity contribution in [2.45, 2.75) is 44.8 Å². The molecule has 7 heteroatoms. The highest BCUT2D eigenvalue weighted by Gasteiger charge is 2.35. The Bertz CT molecular complexity index is 602. The summed E-state index contributed by atoms with van der Waals surface area (Å²) in [6.07, 6.45) is 1.51. The summed E-state index contributed by atoms with van der Waals surface area (Å²) in [6, 6.07) is 6.03. The Morgan fingerprint density at radius 3 is 2.44 bits per heavy atom. The van der Waals surface area contributed by atoms with Gasteiger partial charge in [0.15, 0.2) is 0 Å². The highest BCUT2D eigenvalue weighted by molar-refractivity contribution is 5.75. The number of hydrogen-bond acceptors (Lipinski definition) is 3. The SMILES string of the molecule is CCN(CC(=O)O)C1CC(NC(=O)N(C)C(C)c2ccc(F)cc2)C1. The Morgan fingerprint density at radius 1 is 1.32 bits per heavy atom. The molecule has 0 radical (unpaired) electrons. The van der Waals surface area contributed by atoms with Crippen LogP contribution in [-0.2, 0) is 4.79 Å². The standard InChI is InChI=1S/C18H26FN3O3/c1-4-22(11-17(23)24)16-9-15(10-16)20-18(25)21(3)12(2)13-5-7-14(19)8-6-13/h5-8,12,15-16H,4,9-11H2,1-3H3,(H,20,25)(H,23,24). The van der Waals surface area contributed by atoms with E-state index in [2.05, 4.69) is 5.32 Å². The molecule has 2 amide bonds. The van der Waals surface area contributed by atoms with Gasteiger partial charge >= 0.3 is 12.0 Å². The summed E-state index contributed by atoms with van der Waals surface area (Å²) in [5.41, 5.74) is 0.865. The van der Waals surface area contributed by atoms with E-state index in [1.54, 1.807) is 24.1 Å². The molecule has 138 valence electrons. The van der Waals surface area contributed by atoms with Crippen LogP contribution in [0.2, 0.25) is 0 Å². The number of urea groups is 1. The Hall–Kier alpha value is -2.15. The molecule has 2 N–H and O–H groups in total. The van der Waals surface area contributed by atoms with Crippen molar-refractivity contribution in [3.05, 3.63) is 35.6 Å². The molecule has 1 fully saturated rings. The smallest absolute Gasteiger partial charge is 0.317 e. The Labute approximate surface area is 147 Å². The summed E-state index contributed by atoms with van der Waals surface area (Å²) in [6.45, 7) is 4.54. The van der Waals surface area contributed by atoms with Gasteiger partial charge in [-0.25, -0.2) is 9.18 Å². The van der Waals surface area contributed by atoms with Gasteiger partial charge in [0.2, 0.25) is 0 Å². The molecule has 1 aromatic carbocycles. The number of carboxylic acid groups (broad SMARTS) is 1. The number of benzene rings is 1. The van der Waals surface area contributed by atoms with Crippen LogP contribution in [0.5, 0.6) is 0 Å². The molecule has 0 bridgehead atoms. The number of nitrogens with zero attached hydrogens (tertiary/aromatic N) is 2. The molecule has 1 aromatic rings. The minimum Gasteiger partial charge on any atom is -0.480 e. The van der Waals surface area contributed by atoms with Crippen LogP contribution in [0.3, 0.4) is 0 Å². The third kappa shape index (κ3) is 4.92. The van der Waals surface area contributed by atoms with Gasteiger partial charge < -0.3 is 15.3 Å². The lowest BCUT2D eigenvalue weighted by Gasteiger charge is -2.43. The van der Waals surface area contributed by atoms with Gasteiger partial charge in [-0.1, -0.05) is 19.1 Å². The summed E-state index contributed by atoms with van der Waals surface area (Å²) in [7, 11) is 1.71. The Balaban J connectivity index is 1.82. The lowest BCUT2D eigenvalue weighted by atomic mass is 9.85. The maximum Gasteiger partial charge on any atom is 0.317 e. The fraction of sp³-hybridized carbons (Fsp3) is 0.556.